The molecule has 1 aromatic carbocycles. The first-order chi connectivity index (χ1) is 8.36. The van der Waals surface area contributed by atoms with Crippen molar-refractivity contribution >= 4 is 0 Å². The summed E-state index contributed by atoms with van der Waals surface area (Å²) in [4.78, 5) is 0. The Balaban J connectivity index is 2.53. The predicted molar refractivity (Wildman–Crippen MR) is 74.6 cm³/mol. The SMILES string of the molecule is CCC(C)C(C)(O)CNCc1cc(C)ccc1O. The molecule has 0 radical (unpaired) electrons. The Kier molecular flexibility index (Phi) is 5.17. The number of nitrogens with one attached hydrogen (secondary N) is 1. The van der Waals surface area contributed by atoms with Gasteiger partial charge in [0.25, 0.3) is 0 Å². The van der Waals surface area contributed by atoms with Crippen molar-refractivity contribution in [2.45, 2.75) is 46.3 Å². The van der Waals surface area contributed by atoms with E-state index in [9.17, 15) is 10.2 Å². The third-order valence-corrected chi connectivity index (χ3v) is 3.71. The van der Waals surface area contributed by atoms with E-state index in [4.69, 9.17) is 0 Å². The van der Waals surface area contributed by atoms with E-state index in [0.29, 0.717) is 18.8 Å². The van der Waals surface area contributed by atoms with E-state index in [1.165, 1.54) is 0 Å². The Morgan fingerprint density at radius 2 is 2.06 bits per heavy atom. The van der Waals surface area contributed by atoms with Gasteiger partial charge in [0.1, 0.15) is 5.75 Å². The highest BCUT2D eigenvalue weighted by Gasteiger charge is 2.26. The van der Waals surface area contributed by atoms with Gasteiger partial charge in [-0.1, -0.05) is 38.0 Å². The smallest absolute Gasteiger partial charge is 0.120 e. The van der Waals surface area contributed by atoms with Gasteiger partial charge in [-0.05, 0) is 25.8 Å². The third-order valence-electron chi connectivity index (χ3n) is 3.71. The first kappa shape index (κ1) is 15.0. The maximum absolute atomic E-state index is 10.3. The Morgan fingerprint density at radius 3 is 2.67 bits per heavy atom. The van der Waals surface area contributed by atoms with Crippen molar-refractivity contribution in [2.75, 3.05) is 6.54 Å². The monoisotopic (exact) mass is 251 g/mol. The van der Waals surface area contributed by atoms with Crippen molar-refractivity contribution in [1.29, 1.82) is 0 Å². The minimum atomic E-state index is -0.714. The lowest BCUT2D eigenvalue weighted by Gasteiger charge is -2.30. The minimum Gasteiger partial charge on any atom is -0.508 e. The molecule has 0 heterocycles. The summed E-state index contributed by atoms with van der Waals surface area (Å²) >= 11 is 0. The van der Waals surface area contributed by atoms with Gasteiger partial charge in [0.15, 0.2) is 0 Å². The van der Waals surface area contributed by atoms with Crippen LogP contribution in [0.5, 0.6) is 5.75 Å². The number of benzene rings is 1. The largest absolute Gasteiger partial charge is 0.508 e. The molecule has 1 rings (SSSR count). The fourth-order valence-electron chi connectivity index (χ4n) is 1.92. The third kappa shape index (κ3) is 4.00. The van der Waals surface area contributed by atoms with Gasteiger partial charge in [-0.15, -0.1) is 0 Å². The van der Waals surface area contributed by atoms with Crippen LogP contribution in [0.3, 0.4) is 0 Å². The fraction of sp³-hybridized carbons (Fsp3) is 0.600. The van der Waals surface area contributed by atoms with E-state index < -0.39 is 5.60 Å². The summed E-state index contributed by atoms with van der Waals surface area (Å²) in [6, 6.07) is 5.55. The fourth-order valence-corrected chi connectivity index (χ4v) is 1.92. The molecule has 1 aromatic rings. The first-order valence-electron chi connectivity index (χ1n) is 6.58. The highest BCUT2D eigenvalue weighted by molar-refractivity contribution is 5.35. The van der Waals surface area contributed by atoms with Crippen LogP contribution < -0.4 is 5.32 Å². The van der Waals surface area contributed by atoms with Crippen molar-refractivity contribution < 1.29 is 10.2 Å². The Hall–Kier alpha value is -1.06. The normalized spacial score (nSPS) is 16.3. The van der Waals surface area contributed by atoms with Gasteiger partial charge in [-0.25, -0.2) is 0 Å². The quantitative estimate of drug-likeness (QED) is 0.728. The summed E-state index contributed by atoms with van der Waals surface area (Å²) < 4.78 is 0. The zero-order chi connectivity index (χ0) is 13.8. The molecule has 0 aliphatic heterocycles. The highest BCUT2D eigenvalue weighted by atomic mass is 16.3. The van der Waals surface area contributed by atoms with Gasteiger partial charge >= 0.3 is 0 Å². The van der Waals surface area contributed by atoms with E-state index >= 15 is 0 Å². The van der Waals surface area contributed by atoms with Crippen LogP contribution in [0.15, 0.2) is 18.2 Å². The molecule has 102 valence electrons. The number of aromatic hydroxyl groups is 1. The number of hydrogen-bond donors (Lipinski definition) is 3. The molecule has 2 unspecified atom stereocenters. The lowest BCUT2D eigenvalue weighted by Crippen LogP contribution is -2.42. The predicted octanol–water partition coefficient (Wildman–Crippen LogP) is 2.59. The van der Waals surface area contributed by atoms with Crippen LogP contribution in [0.25, 0.3) is 0 Å². The standard InChI is InChI=1S/C15H25NO2/c1-5-12(3)15(4,18)10-16-9-13-8-11(2)6-7-14(13)17/h6-8,12,16-18H,5,9-10H2,1-4H3. The zero-order valence-corrected chi connectivity index (χ0v) is 11.8. The number of phenolic OH excluding ortho intramolecular Hbond substituents is 1. The molecule has 0 fully saturated rings. The molecule has 0 aliphatic carbocycles. The maximum atomic E-state index is 10.3. The Morgan fingerprint density at radius 1 is 1.39 bits per heavy atom. The molecule has 0 bridgehead atoms. The van der Waals surface area contributed by atoms with Crippen LogP contribution in [-0.4, -0.2) is 22.4 Å². The lowest BCUT2D eigenvalue weighted by molar-refractivity contribution is 0.00531. The summed E-state index contributed by atoms with van der Waals surface area (Å²) in [6.07, 6.45) is 0.949. The molecule has 0 aliphatic rings. The topological polar surface area (TPSA) is 52.5 Å². The number of aryl methyl sites for hydroxylation is 1. The van der Waals surface area contributed by atoms with Gasteiger partial charge in [0.05, 0.1) is 5.60 Å². The van der Waals surface area contributed by atoms with Crippen LogP contribution in [0, 0.1) is 12.8 Å². The highest BCUT2D eigenvalue weighted by Crippen LogP contribution is 2.20. The second-order valence-electron chi connectivity index (χ2n) is 5.40. The summed E-state index contributed by atoms with van der Waals surface area (Å²) in [5, 5.41) is 23.2. The van der Waals surface area contributed by atoms with E-state index in [2.05, 4.69) is 12.2 Å². The first-order valence-corrected chi connectivity index (χ1v) is 6.58. The average molecular weight is 251 g/mol. The molecule has 0 saturated heterocycles. The molecule has 3 nitrogen and oxygen atoms in total. The van der Waals surface area contributed by atoms with E-state index in [1.807, 2.05) is 32.9 Å². The molecular formula is C15H25NO2. The molecule has 0 spiro atoms. The molecule has 0 aromatic heterocycles. The van der Waals surface area contributed by atoms with Crippen molar-refractivity contribution in [3.8, 4) is 5.75 Å². The summed E-state index contributed by atoms with van der Waals surface area (Å²) in [6.45, 7) is 9.06. The summed E-state index contributed by atoms with van der Waals surface area (Å²) in [7, 11) is 0. The Bertz CT molecular complexity index is 388. The molecule has 0 saturated carbocycles. The van der Waals surface area contributed by atoms with Gasteiger partial charge in [0, 0.05) is 18.7 Å². The van der Waals surface area contributed by atoms with Crippen molar-refractivity contribution in [3.63, 3.8) is 0 Å². The van der Waals surface area contributed by atoms with Gasteiger partial charge in [-0.3, -0.25) is 0 Å². The van der Waals surface area contributed by atoms with Crippen molar-refractivity contribution in [3.05, 3.63) is 29.3 Å². The van der Waals surface area contributed by atoms with Crippen LogP contribution in [-0.2, 0) is 6.54 Å². The molecule has 3 heteroatoms. The minimum absolute atomic E-state index is 0.246. The zero-order valence-electron chi connectivity index (χ0n) is 11.8. The second kappa shape index (κ2) is 6.21. The maximum Gasteiger partial charge on any atom is 0.120 e. The van der Waals surface area contributed by atoms with Crippen LogP contribution in [0.2, 0.25) is 0 Å². The Labute approximate surface area is 110 Å². The van der Waals surface area contributed by atoms with Crippen molar-refractivity contribution in [1.82, 2.24) is 5.32 Å². The van der Waals surface area contributed by atoms with E-state index in [1.54, 1.807) is 6.07 Å². The summed E-state index contributed by atoms with van der Waals surface area (Å²) in [5.74, 6) is 0.549. The molecule has 0 amide bonds. The van der Waals surface area contributed by atoms with Crippen LogP contribution in [0.1, 0.15) is 38.3 Å². The van der Waals surface area contributed by atoms with E-state index in [-0.39, 0.29) is 5.92 Å². The van der Waals surface area contributed by atoms with Gasteiger partial charge in [-0.2, -0.15) is 0 Å². The number of hydrogen-bond acceptors (Lipinski definition) is 3. The van der Waals surface area contributed by atoms with Gasteiger partial charge in [0.2, 0.25) is 0 Å². The number of rotatable bonds is 6. The second-order valence-corrected chi connectivity index (χ2v) is 5.40. The lowest BCUT2D eigenvalue weighted by atomic mass is 9.88. The van der Waals surface area contributed by atoms with Crippen molar-refractivity contribution in [2.24, 2.45) is 5.92 Å². The van der Waals surface area contributed by atoms with E-state index in [0.717, 1.165) is 17.5 Å². The summed E-state index contributed by atoms with van der Waals surface area (Å²) in [5.41, 5.74) is 1.28. The van der Waals surface area contributed by atoms with Crippen LogP contribution >= 0.6 is 0 Å². The number of phenols is 1. The molecular weight excluding hydrogens is 226 g/mol. The molecule has 2 atom stereocenters. The average Bonchev–Trinajstić information content (AvgIpc) is 2.32. The van der Waals surface area contributed by atoms with Gasteiger partial charge < -0.3 is 15.5 Å². The molecule has 3 N–H and O–H groups in total. The molecule has 18 heavy (non-hydrogen) atoms. The number of aliphatic hydroxyl groups is 1. The van der Waals surface area contributed by atoms with Crippen LogP contribution in [0.4, 0.5) is 0 Å².